The molecule has 1 saturated heterocycles. The smallest absolute Gasteiger partial charge is 0.238 e. The highest BCUT2D eigenvalue weighted by molar-refractivity contribution is 6.42. The van der Waals surface area contributed by atoms with E-state index >= 15 is 0 Å². The lowest BCUT2D eigenvalue weighted by molar-refractivity contribution is -0.123. The fourth-order valence-electron chi connectivity index (χ4n) is 6.03. The molecular formula is C25H17Cl2NO2. The number of rotatable bonds is 1. The standard InChI is InChI=1S/C25H17Cl2NO2/c1-25-16-8-4-2-6-14(16)20(15-7-3-5-9-17(15)25)21-22(25)24(30)28(23(21)29)13-10-11-18(26)19(27)12-13/h2-12,20-22H,1H3/t20?,21-,22+,25?/m1/s1. The van der Waals surface area contributed by atoms with Gasteiger partial charge in [0.2, 0.25) is 11.8 Å². The molecule has 0 spiro atoms. The Bertz CT molecular complexity index is 1220. The number of benzene rings is 3. The van der Waals surface area contributed by atoms with E-state index in [2.05, 4.69) is 31.2 Å². The molecule has 0 saturated carbocycles. The summed E-state index contributed by atoms with van der Waals surface area (Å²) in [6.07, 6.45) is 0. The summed E-state index contributed by atoms with van der Waals surface area (Å²) in [4.78, 5) is 28.8. The maximum atomic E-state index is 13.8. The number of amides is 2. The summed E-state index contributed by atoms with van der Waals surface area (Å²) >= 11 is 12.3. The Morgan fingerprint density at radius 3 is 2.00 bits per heavy atom. The van der Waals surface area contributed by atoms with Crippen molar-refractivity contribution in [3.8, 4) is 0 Å². The number of hydrogen-bond acceptors (Lipinski definition) is 2. The van der Waals surface area contributed by atoms with Gasteiger partial charge in [0.15, 0.2) is 0 Å². The third-order valence-electron chi connectivity index (χ3n) is 7.20. The van der Waals surface area contributed by atoms with Gasteiger partial charge in [-0.3, -0.25) is 9.59 Å². The molecule has 0 N–H and O–H groups in total. The average molecular weight is 434 g/mol. The second-order valence-electron chi connectivity index (χ2n) is 8.47. The molecular weight excluding hydrogens is 417 g/mol. The van der Waals surface area contributed by atoms with Crippen LogP contribution in [0.2, 0.25) is 10.0 Å². The third kappa shape index (κ3) is 2.02. The van der Waals surface area contributed by atoms with Crippen molar-refractivity contribution < 1.29 is 9.59 Å². The van der Waals surface area contributed by atoms with Crippen LogP contribution < -0.4 is 4.90 Å². The molecule has 3 nitrogen and oxygen atoms in total. The Balaban J connectivity index is 1.60. The molecule has 1 heterocycles. The van der Waals surface area contributed by atoms with Crippen molar-refractivity contribution in [2.45, 2.75) is 18.3 Å². The molecule has 148 valence electrons. The molecule has 1 fully saturated rings. The van der Waals surface area contributed by atoms with Crippen LogP contribution in [0.3, 0.4) is 0 Å². The number of imide groups is 1. The van der Waals surface area contributed by atoms with Crippen LogP contribution in [-0.4, -0.2) is 11.8 Å². The van der Waals surface area contributed by atoms with Crippen molar-refractivity contribution in [3.05, 3.63) is 99.0 Å². The normalized spacial score (nSPS) is 28.4. The van der Waals surface area contributed by atoms with Crippen LogP contribution in [-0.2, 0) is 15.0 Å². The van der Waals surface area contributed by atoms with Crippen LogP contribution in [0.4, 0.5) is 5.69 Å². The first-order valence-corrected chi connectivity index (χ1v) is 10.7. The van der Waals surface area contributed by atoms with Crippen molar-refractivity contribution in [1.29, 1.82) is 0 Å². The summed E-state index contributed by atoms with van der Waals surface area (Å²) in [5, 5.41) is 0.717. The molecule has 1 aliphatic heterocycles. The summed E-state index contributed by atoms with van der Waals surface area (Å²) in [6.45, 7) is 2.11. The minimum atomic E-state index is -0.565. The molecule has 3 aromatic carbocycles. The van der Waals surface area contributed by atoms with Crippen LogP contribution in [0.5, 0.6) is 0 Å². The van der Waals surface area contributed by atoms with E-state index in [4.69, 9.17) is 23.2 Å². The second kappa shape index (κ2) is 5.96. The van der Waals surface area contributed by atoms with Gasteiger partial charge in [-0.15, -0.1) is 0 Å². The summed E-state index contributed by atoms with van der Waals surface area (Å²) in [7, 11) is 0. The van der Waals surface area contributed by atoms with Crippen molar-refractivity contribution in [2.75, 3.05) is 4.90 Å². The van der Waals surface area contributed by atoms with Gasteiger partial charge >= 0.3 is 0 Å². The highest BCUT2D eigenvalue weighted by atomic mass is 35.5. The zero-order valence-electron chi connectivity index (χ0n) is 16.1. The molecule has 2 amide bonds. The van der Waals surface area contributed by atoms with Crippen molar-refractivity contribution in [1.82, 2.24) is 0 Å². The number of halogens is 2. The first kappa shape index (κ1) is 18.2. The molecule has 0 unspecified atom stereocenters. The molecule has 5 heteroatoms. The van der Waals surface area contributed by atoms with Crippen molar-refractivity contribution in [2.24, 2.45) is 11.8 Å². The zero-order valence-corrected chi connectivity index (χ0v) is 17.6. The highest BCUT2D eigenvalue weighted by Gasteiger charge is 2.66. The predicted octanol–water partition coefficient (Wildman–Crippen LogP) is 5.56. The van der Waals surface area contributed by atoms with E-state index < -0.39 is 17.3 Å². The van der Waals surface area contributed by atoms with Gasteiger partial charge in [-0.2, -0.15) is 0 Å². The Kier molecular flexibility index (Phi) is 3.61. The van der Waals surface area contributed by atoms with E-state index in [9.17, 15) is 9.59 Å². The largest absolute Gasteiger partial charge is 0.274 e. The maximum absolute atomic E-state index is 13.8. The molecule has 4 aliphatic rings. The van der Waals surface area contributed by atoms with Crippen molar-refractivity contribution >= 4 is 40.7 Å². The fraction of sp³-hybridized carbons (Fsp3) is 0.200. The molecule has 2 atom stereocenters. The molecule has 3 aromatic rings. The summed E-state index contributed by atoms with van der Waals surface area (Å²) in [5.41, 5.74) is 4.50. The number of anilines is 1. The van der Waals surface area contributed by atoms with Gasteiger partial charge in [-0.05, 0) is 40.5 Å². The lowest BCUT2D eigenvalue weighted by Gasteiger charge is -2.52. The third-order valence-corrected chi connectivity index (χ3v) is 7.94. The van der Waals surface area contributed by atoms with E-state index in [0.717, 1.165) is 22.3 Å². The molecule has 2 bridgehead atoms. The Morgan fingerprint density at radius 1 is 0.800 bits per heavy atom. The van der Waals surface area contributed by atoms with Gasteiger partial charge in [0, 0.05) is 11.3 Å². The lowest BCUT2D eigenvalue weighted by Crippen LogP contribution is -2.51. The van der Waals surface area contributed by atoms with Crippen LogP contribution in [0, 0.1) is 11.8 Å². The van der Waals surface area contributed by atoms with Crippen LogP contribution in [0.1, 0.15) is 35.1 Å². The fourth-order valence-corrected chi connectivity index (χ4v) is 6.32. The SMILES string of the molecule is CC12c3ccccc3C(c3ccccc31)[C@H]1C(=O)N(c3ccc(Cl)c(Cl)c3)C(=O)[C@H]12. The highest BCUT2D eigenvalue weighted by Crippen LogP contribution is 2.64. The predicted molar refractivity (Wildman–Crippen MR) is 117 cm³/mol. The minimum absolute atomic E-state index is 0.131. The lowest BCUT2D eigenvalue weighted by atomic mass is 9.48. The molecule has 7 rings (SSSR count). The molecule has 0 aromatic heterocycles. The van der Waals surface area contributed by atoms with Gasteiger partial charge in [0.25, 0.3) is 0 Å². The maximum Gasteiger partial charge on any atom is 0.238 e. The Labute approximate surface area is 184 Å². The number of nitrogens with zero attached hydrogens (tertiary/aromatic N) is 1. The van der Waals surface area contributed by atoms with E-state index in [1.807, 2.05) is 24.3 Å². The molecule has 0 radical (unpaired) electrons. The molecule has 3 aliphatic carbocycles. The van der Waals surface area contributed by atoms with E-state index in [1.54, 1.807) is 18.2 Å². The second-order valence-corrected chi connectivity index (χ2v) is 9.28. The van der Waals surface area contributed by atoms with Gasteiger partial charge in [-0.25, -0.2) is 4.90 Å². The summed E-state index contributed by atoms with van der Waals surface area (Å²) < 4.78 is 0. The minimum Gasteiger partial charge on any atom is -0.274 e. The monoisotopic (exact) mass is 433 g/mol. The van der Waals surface area contributed by atoms with Crippen molar-refractivity contribution in [3.63, 3.8) is 0 Å². The van der Waals surface area contributed by atoms with E-state index in [0.29, 0.717) is 15.7 Å². The van der Waals surface area contributed by atoms with Crippen LogP contribution in [0.15, 0.2) is 66.7 Å². The Hall–Kier alpha value is -2.62. The number of carbonyl (C=O) groups is 2. The topological polar surface area (TPSA) is 37.4 Å². The quantitative estimate of drug-likeness (QED) is 0.470. The van der Waals surface area contributed by atoms with Gasteiger partial charge < -0.3 is 0 Å². The van der Waals surface area contributed by atoms with E-state index in [-0.39, 0.29) is 17.7 Å². The van der Waals surface area contributed by atoms with Gasteiger partial charge in [0.1, 0.15) is 0 Å². The Morgan fingerprint density at radius 2 is 1.40 bits per heavy atom. The number of hydrogen-bond donors (Lipinski definition) is 0. The zero-order chi connectivity index (χ0) is 20.8. The summed E-state index contributed by atoms with van der Waals surface area (Å²) in [5.74, 6) is -1.34. The average Bonchev–Trinajstić information content (AvgIpc) is 3.02. The van der Waals surface area contributed by atoms with E-state index in [1.165, 1.54) is 4.90 Å². The number of carbonyl (C=O) groups excluding carboxylic acids is 2. The van der Waals surface area contributed by atoms with Crippen LogP contribution in [0.25, 0.3) is 0 Å². The van der Waals surface area contributed by atoms with Crippen LogP contribution >= 0.6 is 23.2 Å². The first-order valence-electron chi connectivity index (χ1n) is 9.96. The first-order chi connectivity index (χ1) is 14.4. The van der Waals surface area contributed by atoms with Gasteiger partial charge in [0.05, 0.1) is 27.6 Å². The molecule has 30 heavy (non-hydrogen) atoms. The van der Waals surface area contributed by atoms with Gasteiger partial charge in [-0.1, -0.05) is 78.7 Å². The summed E-state index contributed by atoms with van der Waals surface area (Å²) in [6, 6.07) is 21.4.